The van der Waals surface area contributed by atoms with Crippen LogP contribution in [0.2, 0.25) is 0 Å². The van der Waals surface area contributed by atoms with Gasteiger partial charge in [0.1, 0.15) is 0 Å². The molecule has 0 spiro atoms. The summed E-state index contributed by atoms with van der Waals surface area (Å²) in [5.74, 6) is 0. The van der Waals surface area contributed by atoms with Crippen molar-refractivity contribution < 1.29 is 0 Å². The first-order chi connectivity index (χ1) is 52.1. The highest BCUT2D eigenvalue weighted by Crippen LogP contribution is 2.55. The van der Waals surface area contributed by atoms with E-state index in [-0.39, 0.29) is 10.8 Å². The standard InChI is InChI=1S/C57H38.C49H34/c1-57(2)53-31-28-40(34-52(53)50-30-26-36-12-5-6-15-42(36)56(50)57)35-22-24-37(25-23-35)54-46-16-7-9-18-48(46)55(49-19-10-8-17-47(49)54)45-21-11-20-43-44(45)29-27-41-32-38-13-3-4-14-39(38)33-51(41)43;1-49(2)45-28-26-36(30-44(45)43-27-25-33-12-5-6-14-38(33)48(43)49)32-19-22-34(23-20-32)46-39-15-7-9-17-41(39)47(42-18-10-8-16-40(42)46)37-24-21-31-11-3-4-13-35(31)29-37/h3-34H,1-2H3;3-30H,1-2H3. The van der Waals surface area contributed by atoms with Gasteiger partial charge < -0.3 is 0 Å². The fourth-order valence-electron chi connectivity index (χ4n) is 19.1. The zero-order chi connectivity index (χ0) is 70.5. The third-order valence-electron chi connectivity index (χ3n) is 24.0. The SMILES string of the molecule is CC1(C)c2ccc(-c3ccc(-c4c5ccccc5c(-c5ccc6ccccc6c5)c5ccccc45)cc3)cc2-c2ccc3ccccc3c21.CC1(C)c2ccc(-c3ccc(-c4c5ccccc5c(-c5cccc6c5ccc5cc7ccccc7cc56)c5ccccc45)cc3)cc2-c2ccc3ccccc3c21. The van der Waals surface area contributed by atoms with Gasteiger partial charge in [-0.25, -0.2) is 0 Å². The van der Waals surface area contributed by atoms with Gasteiger partial charge in [-0.3, -0.25) is 0 Å². The largest absolute Gasteiger partial charge is 0.0616 e. The minimum absolute atomic E-state index is 0.0466. The van der Waals surface area contributed by atoms with Crippen LogP contribution in [0.25, 0.3) is 197 Å². The van der Waals surface area contributed by atoms with Crippen LogP contribution in [0, 0.1) is 0 Å². The van der Waals surface area contributed by atoms with Gasteiger partial charge in [-0.05, 0) is 249 Å². The highest BCUT2D eigenvalue weighted by molar-refractivity contribution is 6.26. The van der Waals surface area contributed by atoms with E-state index in [2.05, 4.69) is 392 Å². The molecule has 20 aromatic rings. The van der Waals surface area contributed by atoms with E-state index in [1.807, 2.05) is 0 Å². The summed E-state index contributed by atoms with van der Waals surface area (Å²) in [4.78, 5) is 0. The molecule has 0 heterocycles. The summed E-state index contributed by atoms with van der Waals surface area (Å²) in [6.07, 6.45) is 0. The Labute approximate surface area is 617 Å². The Morgan fingerprint density at radius 1 is 0.151 bits per heavy atom. The molecule has 20 aromatic carbocycles. The molecule has 0 saturated carbocycles. The summed E-state index contributed by atoms with van der Waals surface area (Å²) in [5.41, 5.74) is 26.1. The Morgan fingerprint density at radius 3 is 0.943 bits per heavy atom. The maximum absolute atomic E-state index is 2.42. The molecule has 106 heavy (non-hydrogen) atoms. The smallest absolute Gasteiger partial charge is 0.0165 e. The van der Waals surface area contributed by atoms with Gasteiger partial charge >= 0.3 is 0 Å². The Kier molecular flexibility index (Phi) is 13.8. The maximum atomic E-state index is 2.42. The van der Waals surface area contributed by atoms with Gasteiger partial charge in [-0.2, -0.15) is 0 Å². The lowest BCUT2D eigenvalue weighted by Gasteiger charge is -2.23. The van der Waals surface area contributed by atoms with E-state index in [0.717, 1.165) is 0 Å². The molecule has 0 aromatic heterocycles. The van der Waals surface area contributed by atoms with Crippen LogP contribution in [0.15, 0.2) is 364 Å². The molecular weight excluding hydrogens is 1270 g/mol. The van der Waals surface area contributed by atoms with Crippen molar-refractivity contribution in [3.05, 3.63) is 386 Å². The zero-order valence-corrected chi connectivity index (χ0v) is 59.6. The molecule has 0 radical (unpaired) electrons. The number of rotatable bonds is 6. The van der Waals surface area contributed by atoms with Crippen molar-refractivity contribution in [1.29, 1.82) is 0 Å². The van der Waals surface area contributed by atoms with Crippen LogP contribution >= 0.6 is 0 Å². The van der Waals surface area contributed by atoms with Crippen LogP contribution in [0.5, 0.6) is 0 Å². The second-order valence-corrected chi connectivity index (χ2v) is 30.5. The Hall–Kier alpha value is -13.0. The third-order valence-corrected chi connectivity index (χ3v) is 24.0. The van der Waals surface area contributed by atoms with Gasteiger partial charge in [-0.15, -0.1) is 0 Å². The molecule has 22 rings (SSSR count). The van der Waals surface area contributed by atoms with E-state index in [1.54, 1.807) is 0 Å². The predicted molar refractivity (Wildman–Crippen MR) is 456 cm³/mol. The lowest BCUT2D eigenvalue weighted by Crippen LogP contribution is -2.15. The van der Waals surface area contributed by atoms with Gasteiger partial charge in [0.15, 0.2) is 0 Å². The molecule has 2 aliphatic rings. The molecule has 0 bridgehead atoms. The fourth-order valence-corrected chi connectivity index (χ4v) is 19.1. The lowest BCUT2D eigenvalue weighted by molar-refractivity contribution is 0.666. The van der Waals surface area contributed by atoms with Crippen molar-refractivity contribution in [2.75, 3.05) is 0 Å². The van der Waals surface area contributed by atoms with Gasteiger partial charge in [0.2, 0.25) is 0 Å². The summed E-state index contributed by atoms with van der Waals surface area (Å²) in [6.45, 7) is 9.50. The summed E-state index contributed by atoms with van der Waals surface area (Å²) < 4.78 is 0. The Morgan fingerprint density at radius 2 is 0.481 bits per heavy atom. The average Bonchev–Trinajstić information content (AvgIpc) is 1.33. The monoisotopic (exact) mass is 1340 g/mol. The van der Waals surface area contributed by atoms with Gasteiger partial charge in [0.05, 0.1) is 0 Å². The number of hydrogen-bond donors (Lipinski definition) is 0. The molecule has 0 fully saturated rings. The van der Waals surface area contributed by atoms with Gasteiger partial charge in [-0.1, -0.05) is 361 Å². The van der Waals surface area contributed by atoms with E-state index in [4.69, 9.17) is 0 Å². The second-order valence-electron chi connectivity index (χ2n) is 30.5. The van der Waals surface area contributed by atoms with Crippen LogP contribution in [0.3, 0.4) is 0 Å². The molecule has 0 nitrogen and oxygen atoms in total. The van der Waals surface area contributed by atoms with Crippen molar-refractivity contribution in [2.45, 2.75) is 38.5 Å². The van der Waals surface area contributed by atoms with Gasteiger partial charge in [0.25, 0.3) is 0 Å². The minimum atomic E-state index is -0.0586. The molecule has 0 saturated heterocycles. The molecule has 0 aliphatic heterocycles. The summed E-state index contributed by atoms with van der Waals surface area (Å²) >= 11 is 0. The summed E-state index contributed by atoms with van der Waals surface area (Å²) in [5, 5.41) is 25.7. The molecule has 2 aliphatic carbocycles. The topological polar surface area (TPSA) is 0 Å². The fraction of sp³-hybridized carbons (Fsp3) is 0.0566. The average molecular weight is 1350 g/mol. The van der Waals surface area contributed by atoms with Gasteiger partial charge in [0, 0.05) is 10.8 Å². The third kappa shape index (κ3) is 9.47. The van der Waals surface area contributed by atoms with Crippen LogP contribution < -0.4 is 0 Å². The van der Waals surface area contributed by atoms with E-state index < -0.39 is 0 Å². The molecular formula is C106H72. The van der Waals surface area contributed by atoms with E-state index >= 15 is 0 Å². The molecule has 0 unspecified atom stereocenters. The van der Waals surface area contributed by atoms with Crippen LogP contribution in [-0.2, 0) is 10.8 Å². The normalized spacial score (nSPS) is 13.2. The zero-order valence-electron chi connectivity index (χ0n) is 59.6. The van der Waals surface area contributed by atoms with Crippen LogP contribution in [0.1, 0.15) is 49.9 Å². The Bertz CT molecular complexity index is 6990. The van der Waals surface area contributed by atoms with Crippen molar-refractivity contribution >= 4 is 108 Å². The lowest BCUT2D eigenvalue weighted by atomic mass is 9.80. The van der Waals surface area contributed by atoms with Crippen molar-refractivity contribution in [2.24, 2.45) is 0 Å². The summed E-state index contributed by atoms with van der Waals surface area (Å²) in [7, 11) is 0. The first kappa shape index (κ1) is 61.6. The number of hydrogen-bond acceptors (Lipinski definition) is 0. The van der Waals surface area contributed by atoms with E-state index in [1.165, 1.54) is 219 Å². The molecule has 0 amide bonds. The number of benzene rings is 20. The maximum Gasteiger partial charge on any atom is 0.0165 e. The molecule has 0 atom stereocenters. The summed E-state index contributed by atoms with van der Waals surface area (Å²) in [6, 6.07) is 136. The highest BCUT2D eigenvalue weighted by Gasteiger charge is 2.39. The molecule has 0 N–H and O–H groups in total. The van der Waals surface area contributed by atoms with Crippen molar-refractivity contribution in [3.8, 4) is 89.0 Å². The second kappa shape index (κ2) is 23.8. The molecule has 0 heteroatoms. The van der Waals surface area contributed by atoms with E-state index in [9.17, 15) is 0 Å². The van der Waals surface area contributed by atoms with Crippen molar-refractivity contribution in [1.82, 2.24) is 0 Å². The van der Waals surface area contributed by atoms with Crippen LogP contribution in [-0.4, -0.2) is 0 Å². The predicted octanol–water partition coefficient (Wildman–Crippen LogP) is 29.5. The van der Waals surface area contributed by atoms with Crippen LogP contribution in [0.4, 0.5) is 0 Å². The quantitative estimate of drug-likeness (QED) is 0.115. The first-order valence-electron chi connectivity index (χ1n) is 37.4. The van der Waals surface area contributed by atoms with Crippen molar-refractivity contribution in [3.63, 3.8) is 0 Å². The molecule has 496 valence electrons. The van der Waals surface area contributed by atoms with E-state index in [0.29, 0.717) is 0 Å². The number of fused-ring (bicyclic) bond motifs is 19. The Balaban J connectivity index is 0.000000138. The first-order valence-corrected chi connectivity index (χ1v) is 37.4. The minimum Gasteiger partial charge on any atom is -0.0616 e. The highest BCUT2D eigenvalue weighted by atomic mass is 14.4.